The molecule has 1 amide bonds. The fourth-order valence-electron chi connectivity index (χ4n) is 2.91. The Hall–Kier alpha value is -2.46. The molecule has 0 radical (unpaired) electrons. The molecular weight excluding hydrogens is 336 g/mol. The van der Waals surface area contributed by atoms with Crippen LogP contribution in [-0.2, 0) is 17.6 Å². The number of para-hydroxylation sites is 2. The number of halogens is 1. The molecule has 4 nitrogen and oxygen atoms in total. The predicted molar refractivity (Wildman–Crippen MR) is 101 cm³/mol. The minimum Gasteiger partial charge on any atom is -0.492 e. The summed E-state index contributed by atoms with van der Waals surface area (Å²) in [6.07, 6.45) is 3.04. The van der Waals surface area contributed by atoms with Gasteiger partial charge in [-0.1, -0.05) is 41.9 Å². The molecule has 0 saturated carbocycles. The van der Waals surface area contributed by atoms with Gasteiger partial charge in [0.05, 0.1) is 18.1 Å². The second-order valence-electron chi connectivity index (χ2n) is 5.80. The molecule has 3 aromatic rings. The van der Waals surface area contributed by atoms with Gasteiger partial charge < -0.3 is 15.0 Å². The molecule has 0 fully saturated rings. The lowest BCUT2D eigenvalue weighted by atomic mass is 10.1. The number of carbonyl (C=O) groups is 1. The highest BCUT2D eigenvalue weighted by Crippen LogP contribution is 2.29. The maximum Gasteiger partial charge on any atom is 0.224 e. The number of fused-ring (bicyclic) bond motifs is 1. The summed E-state index contributed by atoms with van der Waals surface area (Å²) in [7, 11) is 0. The molecule has 130 valence electrons. The summed E-state index contributed by atoms with van der Waals surface area (Å²) in [4.78, 5) is 15.5. The van der Waals surface area contributed by atoms with Crippen LogP contribution in [0.25, 0.3) is 10.9 Å². The van der Waals surface area contributed by atoms with Crippen LogP contribution in [0.5, 0.6) is 5.75 Å². The minimum absolute atomic E-state index is 0.0388. The van der Waals surface area contributed by atoms with Crippen molar-refractivity contribution in [3.8, 4) is 5.75 Å². The normalized spacial score (nSPS) is 10.8. The van der Waals surface area contributed by atoms with Gasteiger partial charge in [0.2, 0.25) is 5.91 Å². The first kappa shape index (κ1) is 17.4. The number of amides is 1. The molecule has 0 aliphatic carbocycles. The van der Waals surface area contributed by atoms with Crippen molar-refractivity contribution in [2.45, 2.75) is 19.8 Å². The van der Waals surface area contributed by atoms with Crippen molar-refractivity contribution in [2.75, 3.05) is 13.2 Å². The van der Waals surface area contributed by atoms with Gasteiger partial charge >= 0.3 is 0 Å². The Bertz CT molecular complexity index is 873. The number of nitrogens with one attached hydrogen (secondary N) is 2. The van der Waals surface area contributed by atoms with Crippen LogP contribution in [0.4, 0.5) is 0 Å². The summed E-state index contributed by atoms with van der Waals surface area (Å²) >= 11 is 6.16. The Morgan fingerprint density at radius 2 is 2.00 bits per heavy atom. The van der Waals surface area contributed by atoms with Gasteiger partial charge in [-0.15, -0.1) is 0 Å². The number of ether oxygens (including phenoxy) is 1. The van der Waals surface area contributed by atoms with Crippen molar-refractivity contribution in [1.82, 2.24) is 10.3 Å². The average Bonchev–Trinajstić information content (AvgIpc) is 3.01. The third-order valence-electron chi connectivity index (χ3n) is 4.08. The average molecular weight is 357 g/mol. The number of hydrogen-bond acceptors (Lipinski definition) is 2. The van der Waals surface area contributed by atoms with Crippen LogP contribution in [0.15, 0.2) is 48.7 Å². The van der Waals surface area contributed by atoms with Gasteiger partial charge in [0.15, 0.2) is 0 Å². The van der Waals surface area contributed by atoms with Gasteiger partial charge in [-0.2, -0.15) is 0 Å². The van der Waals surface area contributed by atoms with Gasteiger partial charge in [-0.3, -0.25) is 4.79 Å². The highest BCUT2D eigenvalue weighted by molar-refractivity contribution is 6.32. The highest BCUT2D eigenvalue weighted by atomic mass is 35.5. The van der Waals surface area contributed by atoms with Gasteiger partial charge in [0, 0.05) is 29.2 Å². The van der Waals surface area contributed by atoms with Crippen molar-refractivity contribution < 1.29 is 9.53 Å². The molecule has 0 spiro atoms. The zero-order valence-electron chi connectivity index (χ0n) is 14.1. The predicted octanol–water partition coefficient (Wildman–Crippen LogP) is 4.12. The number of rotatable bonds is 7. The summed E-state index contributed by atoms with van der Waals surface area (Å²) in [5, 5.41) is 4.70. The molecule has 0 saturated heterocycles. The molecule has 0 atom stereocenters. The van der Waals surface area contributed by atoms with E-state index in [2.05, 4.69) is 16.4 Å². The summed E-state index contributed by atoms with van der Waals surface area (Å²) in [5.41, 5.74) is 3.12. The summed E-state index contributed by atoms with van der Waals surface area (Å²) < 4.78 is 5.56. The molecule has 2 aromatic carbocycles. The van der Waals surface area contributed by atoms with E-state index in [0.29, 0.717) is 23.9 Å². The first-order valence-electron chi connectivity index (χ1n) is 8.41. The van der Waals surface area contributed by atoms with Gasteiger partial charge in [0.1, 0.15) is 5.75 Å². The number of aromatic nitrogens is 1. The molecule has 1 aromatic heterocycles. The van der Waals surface area contributed by atoms with E-state index in [1.165, 1.54) is 10.9 Å². The third-order valence-corrected chi connectivity index (χ3v) is 4.38. The van der Waals surface area contributed by atoms with Crippen LogP contribution in [-0.4, -0.2) is 24.0 Å². The van der Waals surface area contributed by atoms with Gasteiger partial charge in [0.25, 0.3) is 0 Å². The van der Waals surface area contributed by atoms with Crippen LogP contribution in [0, 0.1) is 0 Å². The Morgan fingerprint density at radius 1 is 1.16 bits per heavy atom. The lowest BCUT2D eigenvalue weighted by Crippen LogP contribution is -2.27. The van der Waals surface area contributed by atoms with E-state index in [9.17, 15) is 4.79 Å². The molecular formula is C20H21ClN2O2. The topological polar surface area (TPSA) is 54.1 Å². The monoisotopic (exact) mass is 356 g/mol. The van der Waals surface area contributed by atoms with E-state index in [0.717, 1.165) is 17.5 Å². The second-order valence-corrected chi connectivity index (χ2v) is 6.20. The summed E-state index contributed by atoms with van der Waals surface area (Å²) in [6, 6.07) is 13.6. The number of aromatic amines is 1. The van der Waals surface area contributed by atoms with Gasteiger partial charge in [-0.05, 0) is 31.0 Å². The molecule has 0 aliphatic rings. The standard InChI is InChI=1S/C20H21ClN2O2/c1-2-25-20-14(6-5-8-17(20)21)12-19(24)22-11-10-15-13-23-18-9-4-3-7-16(15)18/h3-9,13,23H,2,10-12H2,1H3,(H,22,24). The van der Waals surface area contributed by atoms with Crippen molar-refractivity contribution >= 4 is 28.4 Å². The maximum absolute atomic E-state index is 12.3. The van der Waals surface area contributed by atoms with Crippen molar-refractivity contribution in [1.29, 1.82) is 0 Å². The quantitative estimate of drug-likeness (QED) is 0.669. The van der Waals surface area contributed by atoms with Crippen molar-refractivity contribution in [3.05, 3.63) is 64.8 Å². The fraction of sp³-hybridized carbons (Fsp3) is 0.250. The summed E-state index contributed by atoms with van der Waals surface area (Å²) in [5.74, 6) is 0.557. The smallest absolute Gasteiger partial charge is 0.224 e. The first-order valence-corrected chi connectivity index (χ1v) is 8.78. The van der Waals surface area contributed by atoms with E-state index in [1.807, 2.05) is 43.5 Å². The van der Waals surface area contributed by atoms with Crippen LogP contribution < -0.4 is 10.1 Å². The van der Waals surface area contributed by atoms with E-state index in [4.69, 9.17) is 16.3 Å². The molecule has 0 unspecified atom stereocenters. The summed E-state index contributed by atoms with van der Waals surface area (Å²) in [6.45, 7) is 3.00. The highest BCUT2D eigenvalue weighted by Gasteiger charge is 2.12. The van der Waals surface area contributed by atoms with Crippen LogP contribution in [0.3, 0.4) is 0 Å². The lowest BCUT2D eigenvalue weighted by Gasteiger charge is -2.12. The minimum atomic E-state index is -0.0388. The van der Waals surface area contributed by atoms with Crippen LogP contribution in [0.1, 0.15) is 18.1 Å². The Kier molecular flexibility index (Phi) is 5.61. The SMILES string of the molecule is CCOc1c(Cl)cccc1CC(=O)NCCc1c[nH]c2ccccc12. The van der Waals surface area contributed by atoms with E-state index in [-0.39, 0.29) is 12.3 Å². The first-order chi connectivity index (χ1) is 12.2. The molecule has 1 heterocycles. The number of benzene rings is 2. The maximum atomic E-state index is 12.3. The van der Waals surface area contributed by atoms with Crippen LogP contribution >= 0.6 is 11.6 Å². The Morgan fingerprint density at radius 3 is 2.84 bits per heavy atom. The largest absolute Gasteiger partial charge is 0.492 e. The zero-order chi connectivity index (χ0) is 17.6. The Balaban J connectivity index is 1.58. The van der Waals surface area contributed by atoms with E-state index >= 15 is 0 Å². The van der Waals surface area contributed by atoms with Crippen molar-refractivity contribution in [2.24, 2.45) is 0 Å². The molecule has 5 heteroatoms. The molecule has 25 heavy (non-hydrogen) atoms. The van der Waals surface area contributed by atoms with Crippen LogP contribution in [0.2, 0.25) is 5.02 Å². The van der Waals surface area contributed by atoms with Gasteiger partial charge in [-0.25, -0.2) is 0 Å². The fourth-order valence-corrected chi connectivity index (χ4v) is 3.16. The van der Waals surface area contributed by atoms with E-state index in [1.54, 1.807) is 6.07 Å². The molecule has 0 bridgehead atoms. The third kappa shape index (κ3) is 4.15. The molecule has 0 aliphatic heterocycles. The zero-order valence-corrected chi connectivity index (χ0v) is 14.9. The second kappa shape index (κ2) is 8.08. The number of carbonyl (C=O) groups excluding carboxylic acids is 1. The van der Waals surface area contributed by atoms with Crippen molar-refractivity contribution in [3.63, 3.8) is 0 Å². The number of hydrogen-bond donors (Lipinski definition) is 2. The molecule has 2 N–H and O–H groups in total. The lowest BCUT2D eigenvalue weighted by molar-refractivity contribution is -0.120. The molecule has 3 rings (SSSR count). The Labute approximate surface area is 152 Å². The van der Waals surface area contributed by atoms with E-state index < -0.39 is 0 Å². The number of H-pyrrole nitrogens is 1.